The predicted octanol–water partition coefficient (Wildman–Crippen LogP) is 8.79. The highest BCUT2D eigenvalue weighted by molar-refractivity contribution is 6.34. The van der Waals surface area contributed by atoms with E-state index in [1.165, 1.54) is 6.07 Å². The van der Waals surface area contributed by atoms with Crippen LogP contribution in [0.25, 0.3) is 44.5 Å². The summed E-state index contributed by atoms with van der Waals surface area (Å²) in [4.78, 5) is 0. The topological polar surface area (TPSA) is 49.7 Å². The molecule has 0 spiro atoms. The van der Waals surface area contributed by atoms with Gasteiger partial charge >= 0.3 is 7.32 Å². The van der Waals surface area contributed by atoms with E-state index in [2.05, 4.69) is 4.65 Å². The molecule has 0 fully saturated rings. The molecule has 19 heteroatoms. The molecule has 2 N–H and O–H groups in total. The molecular formula is C30H8BF15O3. The largest absolute Gasteiger partial charge is 0.707 e. The second kappa shape index (κ2) is 12.7. The Morgan fingerprint density at radius 1 is 0.367 bits per heavy atom. The van der Waals surface area contributed by atoms with E-state index in [-0.39, 0.29) is 6.07 Å². The predicted molar refractivity (Wildman–Crippen MR) is 138 cm³/mol. The van der Waals surface area contributed by atoms with Gasteiger partial charge in [-0.25, -0.2) is 65.9 Å². The van der Waals surface area contributed by atoms with Crippen LogP contribution in [0.4, 0.5) is 65.9 Å². The van der Waals surface area contributed by atoms with E-state index in [1.807, 2.05) is 0 Å². The Balaban J connectivity index is 2.25. The molecule has 5 aromatic rings. The third-order valence-corrected chi connectivity index (χ3v) is 6.98. The summed E-state index contributed by atoms with van der Waals surface area (Å²) in [5.74, 6) is -44.0. The summed E-state index contributed by atoms with van der Waals surface area (Å²) in [7, 11) is -3.30. The minimum Gasteiger partial charge on any atom is -0.511 e. The molecule has 0 heterocycles. The Hall–Kier alpha value is -5.17. The Morgan fingerprint density at radius 3 is 1.06 bits per heavy atom. The van der Waals surface area contributed by atoms with Crippen LogP contribution < -0.4 is 4.65 Å². The summed E-state index contributed by atoms with van der Waals surface area (Å²) in [6.45, 7) is 0. The van der Waals surface area contributed by atoms with Gasteiger partial charge in [0.25, 0.3) is 0 Å². The van der Waals surface area contributed by atoms with Crippen LogP contribution in [0.5, 0.6) is 5.75 Å². The minimum atomic E-state index is -3.30. The van der Waals surface area contributed by atoms with Crippen molar-refractivity contribution in [2.24, 2.45) is 0 Å². The van der Waals surface area contributed by atoms with Crippen LogP contribution in [-0.2, 0) is 0 Å². The van der Waals surface area contributed by atoms with E-state index in [1.54, 1.807) is 0 Å². The molecule has 49 heavy (non-hydrogen) atoms. The molecule has 0 amide bonds. The van der Waals surface area contributed by atoms with E-state index in [4.69, 9.17) is 0 Å². The molecule has 0 saturated heterocycles. The Kier molecular flexibility index (Phi) is 9.11. The Morgan fingerprint density at radius 2 is 0.694 bits per heavy atom. The van der Waals surface area contributed by atoms with Crippen LogP contribution >= 0.6 is 0 Å². The lowest BCUT2D eigenvalue weighted by Gasteiger charge is -2.25. The fraction of sp³-hybridized carbons (Fsp3) is 0. The average Bonchev–Trinajstić information content (AvgIpc) is 3.07. The molecule has 0 bridgehead atoms. The average molecular weight is 712 g/mol. The van der Waals surface area contributed by atoms with Gasteiger partial charge in [-0.05, 0) is 22.8 Å². The van der Waals surface area contributed by atoms with Gasteiger partial charge in [0.1, 0.15) is 5.75 Å². The maximum atomic E-state index is 15.6. The maximum absolute atomic E-state index is 15.6. The first kappa shape index (κ1) is 35.2. The number of benzene rings is 5. The zero-order valence-electron chi connectivity index (χ0n) is 23.0. The third kappa shape index (κ3) is 5.42. The molecule has 0 radical (unpaired) electrons. The number of halogens is 15. The summed E-state index contributed by atoms with van der Waals surface area (Å²) in [6.07, 6.45) is 0. The number of rotatable bonds is 6. The minimum absolute atomic E-state index is 0.0387. The Bertz CT molecular complexity index is 2110. The smallest absolute Gasteiger partial charge is 0.511 e. The highest BCUT2D eigenvalue weighted by Gasteiger charge is 2.39. The van der Waals surface area contributed by atoms with Crippen molar-refractivity contribution in [1.82, 2.24) is 0 Å². The van der Waals surface area contributed by atoms with E-state index in [9.17, 15) is 49.6 Å². The van der Waals surface area contributed by atoms with Gasteiger partial charge in [-0.2, -0.15) is 0 Å². The van der Waals surface area contributed by atoms with Crippen molar-refractivity contribution in [2.75, 3.05) is 0 Å². The van der Waals surface area contributed by atoms with Gasteiger partial charge in [-0.3, -0.25) is 0 Å². The summed E-state index contributed by atoms with van der Waals surface area (Å²) in [5, 5.41) is 19.1. The number of hydrogen-bond donors (Lipinski definition) is 2. The van der Waals surface area contributed by atoms with Crippen LogP contribution in [0.3, 0.4) is 0 Å². The monoisotopic (exact) mass is 712 g/mol. The quantitative estimate of drug-likeness (QED) is 0.0802. The van der Waals surface area contributed by atoms with E-state index >= 15 is 26.3 Å². The second-order valence-electron chi connectivity index (χ2n) is 9.69. The first-order valence-corrected chi connectivity index (χ1v) is 12.8. The lowest BCUT2D eigenvalue weighted by molar-refractivity contribution is 0.288. The first-order chi connectivity index (χ1) is 22.9. The molecule has 5 rings (SSSR count). The zero-order chi connectivity index (χ0) is 36.4. The van der Waals surface area contributed by atoms with E-state index < -0.39 is 145 Å². The molecule has 5 aromatic carbocycles. The van der Waals surface area contributed by atoms with Crippen molar-refractivity contribution in [3.8, 4) is 50.3 Å². The summed E-state index contributed by atoms with van der Waals surface area (Å²) in [5.41, 5.74) is -14.3. The van der Waals surface area contributed by atoms with Gasteiger partial charge in [0.2, 0.25) is 17.5 Å². The van der Waals surface area contributed by atoms with Crippen LogP contribution in [0.15, 0.2) is 36.4 Å². The summed E-state index contributed by atoms with van der Waals surface area (Å²) >= 11 is 0. The molecule has 0 aliphatic rings. The summed E-state index contributed by atoms with van der Waals surface area (Å²) in [6, 6.07) is 4.72. The fourth-order valence-corrected chi connectivity index (χ4v) is 4.95. The van der Waals surface area contributed by atoms with Crippen molar-refractivity contribution in [2.45, 2.75) is 0 Å². The maximum Gasteiger partial charge on any atom is 0.707 e. The normalized spacial score (nSPS) is 11.4. The highest BCUT2D eigenvalue weighted by Crippen LogP contribution is 2.54. The van der Waals surface area contributed by atoms with E-state index in [0.29, 0.717) is 0 Å². The van der Waals surface area contributed by atoms with Crippen molar-refractivity contribution >= 4 is 7.32 Å². The van der Waals surface area contributed by atoms with Crippen LogP contribution in [0, 0.1) is 87.3 Å². The van der Waals surface area contributed by atoms with Gasteiger partial charge in [0, 0.05) is 11.1 Å². The van der Waals surface area contributed by atoms with Crippen molar-refractivity contribution < 1.29 is 80.6 Å². The van der Waals surface area contributed by atoms with Crippen molar-refractivity contribution in [3.63, 3.8) is 0 Å². The molecule has 3 nitrogen and oxygen atoms in total. The van der Waals surface area contributed by atoms with Gasteiger partial charge < -0.3 is 14.7 Å². The molecule has 0 aliphatic heterocycles. The lowest BCUT2D eigenvalue weighted by Crippen LogP contribution is -2.22. The van der Waals surface area contributed by atoms with Gasteiger partial charge in [0.05, 0.1) is 16.7 Å². The molecule has 0 aliphatic carbocycles. The van der Waals surface area contributed by atoms with Gasteiger partial charge in [0.15, 0.2) is 69.8 Å². The first-order valence-electron chi connectivity index (χ1n) is 12.8. The fourth-order valence-electron chi connectivity index (χ4n) is 4.95. The van der Waals surface area contributed by atoms with Crippen LogP contribution in [0.2, 0.25) is 0 Å². The number of hydrogen-bond acceptors (Lipinski definition) is 3. The molecule has 0 atom stereocenters. The summed E-state index contributed by atoms with van der Waals surface area (Å²) < 4.78 is 227. The van der Waals surface area contributed by atoms with Crippen molar-refractivity contribution in [1.29, 1.82) is 0 Å². The van der Waals surface area contributed by atoms with Crippen molar-refractivity contribution in [3.05, 3.63) is 124 Å². The standard InChI is InChI=1S/C30H8BF15O3/c32-16-11(17(33)23(39)28(44)22(16)38)8-6-9(49-31(47)48)12(14-18(34)24(40)29(45)25(41)19(14)35)13(10(8)7-4-2-1-3-5-7)15-20(36)26(42)30(46)27(43)21(15)37/h1-6,47-48H. The molecule has 0 saturated carbocycles. The molecule has 0 unspecified atom stereocenters. The second-order valence-corrected chi connectivity index (χ2v) is 9.69. The van der Waals surface area contributed by atoms with E-state index in [0.717, 1.165) is 24.3 Å². The van der Waals surface area contributed by atoms with Gasteiger partial charge in [-0.15, -0.1) is 0 Å². The lowest BCUT2D eigenvalue weighted by atomic mass is 9.81. The zero-order valence-corrected chi connectivity index (χ0v) is 23.0. The molecule has 0 aromatic heterocycles. The van der Waals surface area contributed by atoms with Crippen LogP contribution in [0.1, 0.15) is 0 Å². The van der Waals surface area contributed by atoms with Gasteiger partial charge in [-0.1, -0.05) is 30.3 Å². The SMILES string of the molecule is OB(O)Oc1cc(-c2c(F)c(F)c(F)c(F)c2F)c(-c2ccccc2)c(-c2c(F)c(F)c(F)c(F)c2F)c1-c1c(F)c(F)c(F)c(F)c1F. The van der Waals surface area contributed by atoms with Crippen LogP contribution in [-0.4, -0.2) is 17.4 Å². The molecular weight excluding hydrogens is 704 g/mol. The Labute approximate surface area is 262 Å². The molecule has 254 valence electrons. The third-order valence-electron chi connectivity index (χ3n) is 6.98. The highest BCUT2D eigenvalue weighted by atomic mass is 19.2.